The van der Waals surface area contributed by atoms with Crippen LogP contribution < -0.4 is 11.5 Å². The first-order valence-electron chi connectivity index (χ1n) is 13.8. The maximum absolute atomic E-state index is 11.9. The second-order valence-electron chi connectivity index (χ2n) is 10.5. The number of azo groups is 2. The van der Waals surface area contributed by atoms with Crippen LogP contribution in [0.4, 0.5) is 34.1 Å². The highest BCUT2D eigenvalue weighted by atomic mass is 32.2. The van der Waals surface area contributed by atoms with Gasteiger partial charge in [0.25, 0.3) is 20.2 Å². The monoisotopic (exact) mass is 684 g/mol. The van der Waals surface area contributed by atoms with Crippen LogP contribution in [0.2, 0.25) is 0 Å². The highest BCUT2D eigenvalue weighted by Crippen LogP contribution is 2.44. The van der Waals surface area contributed by atoms with Crippen molar-refractivity contribution < 1.29 is 36.2 Å². The second kappa shape index (κ2) is 12.0. The quantitative estimate of drug-likeness (QED) is 0.0546. The normalized spacial score (nSPS) is 12.5. The fourth-order valence-electron chi connectivity index (χ4n) is 5.09. The average molecular weight is 685 g/mol. The van der Waals surface area contributed by atoms with Crippen LogP contribution in [-0.2, 0) is 20.2 Å². The Morgan fingerprint density at radius 2 is 1.04 bits per heavy atom. The van der Waals surface area contributed by atoms with E-state index in [1.54, 1.807) is 60.7 Å². The van der Waals surface area contributed by atoms with E-state index < -0.39 is 46.9 Å². The molecule has 0 amide bonds. The molecule has 0 bridgehead atoms. The molecule has 48 heavy (non-hydrogen) atoms. The third-order valence-electron chi connectivity index (χ3n) is 7.42. The molecule has 0 aliphatic rings. The summed E-state index contributed by atoms with van der Waals surface area (Å²) in [6.07, 6.45) is 0. The lowest BCUT2D eigenvalue weighted by Crippen LogP contribution is -2.08. The van der Waals surface area contributed by atoms with E-state index in [4.69, 9.17) is 11.5 Å². The third-order valence-corrected chi connectivity index (χ3v) is 9.21. The first-order valence-corrected chi connectivity index (χ1v) is 16.7. The summed E-state index contributed by atoms with van der Waals surface area (Å²) in [4.78, 5) is -1.91. The minimum Gasteiger partial charge on any atom is -0.505 e. The number of phenols is 2. The van der Waals surface area contributed by atoms with E-state index in [9.17, 15) is 36.2 Å². The lowest BCUT2D eigenvalue weighted by molar-refractivity contribution is 0.480. The summed E-state index contributed by atoms with van der Waals surface area (Å²) < 4.78 is 66.7. The number of fused-ring (bicyclic) bond motifs is 2. The van der Waals surface area contributed by atoms with Gasteiger partial charge in [-0.2, -0.15) is 27.1 Å². The smallest absolute Gasteiger partial charge is 0.296 e. The van der Waals surface area contributed by atoms with Crippen molar-refractivity contribution in [2.24, 2.45) is 20.5 Å². The number of nitrogens with zero attached hydrogens (tertiary/aromatic N) is 4. The first kappa shape index (κ1) is 32.0. The van der Waals surface area contributed by atoms with Crippen molar-refractivity contribution in [2.75, 3.05) is 11.5 Å². The summed E-state index contributed by atoms with van der Waals surface area (Å²) in [6, 6.07) is 25.7. The van der Waals surface area contributed by atoms with Gasteiger partial charge in [-0.15, -0.1) is 10.2 Å². The van der Waals surface area contributed by atoms with Crippen LogP contribution in [0.5, 0.6) is 11.5 Å². The zero-order valence-corrected chi connectivity index (χ0v) is 26.1. The van der Waals surface area contributed by atoms with Crippen LogP contribution in [0, 0.1) is 0 Å². The minimum absolute atomic E-state index is 0.0549. The molecule has 0 aromatic heterocycles. The molecule has 14 nitrogen and oxygen atoms in total. The van der Waals surface area contributed by atoms with Gasteiger partial charge in [0.15, 0.2) is 11.5 Å². The van der Waals surface area contributed by atoms with Crippen molar-refractivity contribution >= 4 is 75.9 Å². The summed E-state index contributed by atoms with van der Waals surface area (Å²) in [5.74, 6) is -0.779. The van der Waals surface area contributed by atoms with Gasteiger partial charge in [0, 0.05) is 16.5 Å². The van der Waals surface area contributed by atoms with Gasteiger partial charge in [-0.3, -0.25) is 9.11 Å². The third kappa shape index (κ3) is 6.10. The van der Waals surface area contributed by atoms with Crippen LogP contribution in [-0.4, -0.2) is 36.2 Å². The molecule has 6 aromatic carbocycles. The number of hydrogen-bond donors (Lipinski definition) is 6. The highest BCUT2D eigenvalue weighted by Gasteiger charge is 2.26. The molecular formula is C32H24N6O8S2. The number of rotatable bonds is 7. The number of hydrogen-bond acceptors (Lipinski definition) is 12. The highest BCUT2D eigenvalue weighted by molar-refractivity contribution is 7.87. The number of benzene rings is 6. The molecule has 0 aliphatic carbocycles. The Balaban J connectivity index is 1.23. The SMILES string of the molecule is Nc1cccc2ccc(N=Nc3ccc(-c4ccc(N=Nc5ccc6c(S(=O)(=O)O)cc(S(=O)(=O)O)c(N)c6c5O)cc4)cc3)c(O)c12. The van der Waals surface area contributed by atoms with Crippen LogP contribution in [0.25, 0.3) is 32.7 Å². The van der Waals surface area contributed by atoms with Crippen molar-refractivity contribution in [1.82, 2.24) is 0 Å². The maximum atomic E-state index is 11.9. The predicted octanol–water partition coefficient (Wildman–Crippen LogP) is 7.56. The Morgan fingerprint density at radius 1 is 0.542 bits per heavy atom. The van der Waals surface area contributed by atoms with Gasteiger partial charge < -0.3 is 21.7 Å². The molecule has 0 fully saturated rings. The van der Waals surface area contributed by atoms with Crippen LogP contribution in [0.3, 0.4) is 0 Å². The van der Waals surface area contributed by atoms with Gasteiger partial charge in [0.05, 0.1) is 22.4 Å². The van der Waals surface area contributed by atoms with Gasteiger partial charge in [-0.05, 0) is 65.0 Å². The molecule has 0 aliphatic heterocycles. The van der Waals surface area contributed by atoms with E-state index in [1.807, 2.05) is 18.2 Å². The molecule has 0 radical (unpaired) electrons. The minimum atomic E-state index is -5.03. The van der Waals surface area contributed by atoms with Gasteiger partial charge in [-0.25, -0.2) is 0 Å². The van der Waals surface area contributed by atoms with Gasteiger partial charge in [0.2, 0.25) is 0 Å². The fourth-order valence-corrected chi connectivity index (χ4v) is 6.52. The van der Waals surface area contributed by atoms with Crippen molar-refractivity contribution in [3.05, 3.63) is 97.1 Å². The van der Waals surface area contributed by atoms with Crippen molar-refractivity contribution in [1.29, 1.82) is 0 Å². The van der Waals surface area contributed by atoms with E-state index in [1.165, 1.54) is 6.07 Å². The van der Waals surface area contributed by atoms with Crippen molar-refractivity contribution in [2.45, 2.75) is 9.79 Å². The molecule has 16 heteroatoms. The molecule has 8 N–H and O–H groups in total. The number of phenolic OH excluding ortho intramolecular Hbond substituents is 2. The van der Waals surface area contributed by atoms with E-state index in [0.717, 1.165) is 22.6 Å². The lowest BCUT2D eigenvalue weighted by Gasteiger charge is -2.13. The average Bonchev–Trinajstić information content (AvgIpc) is 3.03. The summed E-state index contributed by atoms with van der Waals surface area (Å²) in [6.45, 7) is 0. The molecule has 0 heterocycles. The van der Waals surface area contributed by atoms with E-state index in [2.05, 4.69) is 20.5 Å². The second-order valence-corrected chi connectivity index (χ2v) is 13.2. The zero-order chi connectivity index (χ0) is 34.4. The van der Waals surface area contributed by atoms with Crippen LogP contribution in [0.15, 0.2) is 127 Å². The standard InChI is InChI=1S/C32H24N6O8S2/c33-23-3-1-2-19-8-14-24(31(39)28(19)23)37-35-20-9-4-17(5-10-20)18-6-11-21(12-7-18)36-38-25-15-13-22-26(47(41,42)43)16-27(48(44,45)46)30(34)29(22)32(25)40/h1-16,39-40H,33-34H2,(H,41,42,43)(H,44,45,46). The van der Waals surface area contributed by atoms with Gasteiger partial charge >= 0.3 is 0 Å². The molecule has 0 unspecified atom stereocenters. The number of nitrogen functional groups attached to an aromatic ring is 2. The molecular weight excluding hydrogens is 661 g/mol. The van der Waals surface area contributed by atoms with E-state index in [-0.39, 0.29) is 22.5 Å². The molecule has 0 saturated carbocycles. The fraction of sp³-hybridized carbons (Fsp3) is 0. The Labute approximate surface area is 272 Å². The van der Waals surface area contributed by atoms with Crippen LogP contribution in [0.1, 0.15) is 0 Å². The summed E-state index contributed by atoms with van der Waals surface area (Å²) in [5, 5.41) is 38.5. The van der Waals surface area contributed by atoms with Crippen molar-refractivity contribution in [3.63, 3.8) is 0 Å². The topological polar surface area (TPSA) is 251 Å². The van der Waals surface area contributed by atoms with Gasteiger partial charge in [-0.1, -0.05) is 48.5 Å². The number of nitrogens with two attached hydrogens (primary N) is 2. The Hall–Kier alpha value is -5.94. The Morgan fingerprint density at radius 3 is 1.56 bits per heavy atom. The van der Waals surface area contributed by atoms with E-state index >= 15 is 0 Å². The Kier molecular flexibility index (Phi) is 8.01. The largest absolute Gasteiger partial charge is 0.505 e. The zero-order valence-electron chi connectivity index (χ0n) is 24.4. The molecule has 0 atom stereocenters. The molecule has 242 valence electrons. The lowest BCUT2D eigenvalue weighted by atomic mass is 10.1. The van der Waals surface area contributed by atoms with Crippen molar-refractivity contribution in [3.8, 4) is 22.6 Å². The summed E-state index contributed by atoms with van der Waals surface area (Å²) in [7, 11) is -10.0. The summed E-state index contributed by atoms with van der Waals surface area (Å²) in [5.41, 5.74) is 14.4. The Bertz CT molecular complexity index is 2540. The molecule has 6 aromatic rings. The van der Waals surface area contributed by atoms with E-state index in [0.29, 0.717) is 28.5 Å². The molecule has 0 saturated heterocycles. The maximum Gasteiger partial charge on any atom is 0.296 e. The first-order chi connectivity index (χ1) is 22.7. The van der Waals surface area contributed by atoms with Crippen LogP contribution >= 0.6 is 0 Å². The molecule has 6 rings (SSSR count). The number of aromatic hydroxyl groups is 2. The van der Waals surface area contributed by atoms with Gasteiger partial charge in [0.1, 0.15) is 21.2 Å². The molecule has 0 spiro atoms. The number of anilines is 2. The summed E-state index contributed by atoms with van der Waals surface area (Å²) >= 11 is 0. The predicted molar refractivity (Wildman–Crippen MR) is 180 cm³/mol.